The molecule has 0 bridgehead atoms. The van der Waals surface area contributed by atoms with E-state index in [1.54, 1.807) is 29.2 Å². The van der Waals surface area contributed by atoms with E-state index in [0.29, 0.717) is 13.1 Å². The SMILES string of the molecule is CCCN(CCC)C(=O)c1ccc(C(N)=O)c(C(=O)N[C@@H](Cc2ccccc2)[C@@H](O)[C@H](O)[C@@H](C)C(=O)NCc2ccccc2)c1. The van der Waals surface area contributed by atoms with Crippen molar-refractivity contribution in [3.63, 3.8) is 0 Å². The van der Waals surface area contributed by atoms with E-state index in [4.69, 9.17) is 5.73 Å². The number of aliphatic hydroxyl groups is 2. The molecular formula is C35H44N4O6. The fraction of sp³-hybridized carbons (Fsp3) is 0.371. The molecule has 10 heteroatoms. The fourth-order valence-electron chi connectivity index (χ4n) is 5.12. The first kappa shape index (κ1) is 34.9. The van der Waals surface area contributed by atoms with Crippen molar-refractivity contribution in [2.45, 2.75) is 64.8 Å². The Hall–Kier alpha value is -4.54. The second-order valence-corrected chi connectivity index (χ2v) is 11.2. The van der Waals surface area contributed by atoms with Crippen molar-refractivity contribution < 1.29 is 29.4 Å². The molecule has 0 fully saturated rings. The van der Waals surface area contributed by atoms with Crippen molar-refractivity contribution in [2.75, 3.05) is 13.1 Å². The van der Waals surface area contributed by atoms with Crippen LogP contribution in [-0.4, -0.2) is 70.1 Å². The van der Waals surface area contributed by atoms with Crippen molar-refractivity contribution in [1.82, 2.24) is 15.5 Å². The maximum Gasteiger partial charge on any atom is 0.253 e. The summed E-state index contributed by atoms with van der Waals surface area (Å²) < 4.78 is 0. The van der Waals surface area contributed by atoms with Crippen LogP contribution in [0.25, 0.3) is 0 Å². The molecule has 0 aliphatic heterocycles. The van der Waals surface area contributed by atoms with E-state index in [1.807, 2.05) is 50.2 Å². The molecule has 0 aromatic heterocycles. The summed E-state index contributed by atoms with van der Waals surface area (Å²) in [5.74, 6) is -3.40. The topological polar surface area (TPSA) is 162 Å². The highest BCUT2D eigenvalue weighted by atomic mass is 16.3. The number of carbonyl (C=O) groups excluding carboxylic acids is 4. The van der Waals surface area contributed by atoms with E-state index in [2.05, 4.69) is 10.6 Å². The summed E-state index contributed by atoms with van der Waals surface area (Å²) in [5, 5.41) is 28.0. The molecular weight excluding hydrogens is 572 g/mol. The van der Waals surface area contributed by atoms with E-state index < -0.39 is 41.9 Å². The van der Waals surface area contributed by atoms with Gasteiger partial charge in [0.05, 0.1) is 29.2 Å². The Bertz CT molecular complexity index is 1430. The summed E-state index contributed by atoms with van der Waals surface area (Å²) in [4.78, 5) is 53.9. The summed E-state index contributed by atoms with van der Waals surface area (Å²) in [6.07, 6.45) is -1.51. The smallest absolute Gasteiger partial charge is 0.253 e. The van der Waals surface area contributed by atoms with Crippen LogP contribution in [0.15, 0.2) is 78.9 Å². The lowest BCUT2D eigenvalue weighted by Gasteiger charge is -2.31. The molecule has 0 unspecified atom stereocenters. The molecule has 0 radical (unpaired) electrons. The minimum atomic E-state index is -1.57. The third kappa shape index (κ3) is 9.72. The quantitative estimate of drug-likeness (QED) is 0.166. The molecule has 0 saturated carbocycles. The highest BCUT2D eigenvalue weighted by molar-refractivity contribution is 6.08. The van der Waals surface area contributed by atoms with Gasteiger partial charge in [0.1, 0.15) is 6.10 Å². The number of primary amides is 1. The van der Waals surface area contributed by atoms with Gasteiger partial charge in [0.2, 0.25) is 11.8 Å². The van der Waals surface area contributed by atoms with Crippen LogP contribution < -0.4 is 16.4 Å². The van der Waals surface area contributed by atoms with E-state index >= 15 is 0 Å². The van der Waals surface area contributed by atoms with Crippen LogP contribution in [0.5, 0.6) is 0 Å². The van der Waals surface area contributed by atoms with Crippen LogP contribution in [0.2, 0.25) is 0 Å². The second kappa shape index (κ2) is 17.1. The molecule has 240 valence electrons. The molecule has 45 heavy (non-hydrogen) atoms. The summed E-state index contributed by atoms with van der Waals surface area (Å²) in [6, 6.07) is 21.4. The summed E-state index contributed by atoms with van der Waals surface area (Å²) in [6.45, 7) is 6.74. The van der Waals surface area contributed by atoms with Gasteiger partial charge in [-0.05, 0) is 48.6 Å². The molecule has 0 heterocycles. The van der Waals surface area contributed by atoms with E-state index in [1.165, 1.54) is 25.1 Å². The fourth-order valence-corrected chi connectivity index (χ4v) is 5.12. The number of carbonyl (C=O) groups is 4. The van der Waals surface area contributed by atoms with E-state index in [-0.39, 0.29) is 35.6 Å². The summed E-state index contributed by atoms with van der Waals surface area (Å²) in [5.41, 5.74) is 7.22. The predicted molar refractivity (Wildman–Crippen MR) is 172 cm³/mol. The lowest BCUT2D eigenvalue weighted by molar-refractivity contribution is -0.131. The third-order valence-corrected chi connectivity index (χ3v) is 7.66. The Balaban J connectivity index is 1.87. The molecule has 10 nitrogen and oxygen atoms in total. The van der Waals surface area contributed by atoms with E-state index in [0.717, 1.165) is 24.0 Å². The van der Waals surface area contributed by atoms with Crippen LogP contribution in [0.1, 0.15) is 75.8 Å². The van der Waals surface area contributed by atoms with Crippen molar-refractivity contribution in [2.24, 2.45) is 11.7 Å². The first-order valence-electron chi connectivity index (χ1n) is 15.3. The van der Waals surface area contributed by atoms with Gasteiger partial charge in [0, 0.05) is 25.2 Å². The van der Waals surface area contributed by atoms with Gasteiger partial charge in [-0.15, -0.1) is 0 Å². The second-order valence-electron chi connectivity index (χ2n) is 11.2. The van der Waals surface area contributed by atoms with E-state index in [9.17, 15) is 29.4 Å². The molecule has 0 aliphatic carbocycles. The number of hydrogen-bond acceptors (Lipinski definition) is 6. The van der Waals surface area contributed by atoms with Crippen LogP contribution in [-0.2, 0) is 17.8 Å². The highest BCUT2D eigenvalue weighted by Gasteiger charge is 2.35. The molecule has 3 aromatic carbocycles. The van der Waals surface area contributed by atoms with Crippen molar-refractivity contribution in [1.29, 1.82) is 0 Å². The highest BCUT2D eigenvalue weighted by Crippen LogP contribution is 2.19. The van der Waals surface area contributed by atoms with Gasteiger partial charge < -0.3 is 31.5 Å². The Kier molecular flexibility index (Phi) is 13.3. The number of hydrogen-bond donors (Lipinski definition) is 5. The number of benzene rings is 3. The number of nitrogens with zero attached hydrogens (tertiary/aromatic N) is 1. The maximum absolute atomic E-state index is 13.7. The molecule has 0 aliphatic rings. The Morgan fingerprint density at radius 2 is 1.38 bits per heavy atom. The van der Waals surface area contributed by atoms with Crippen molar-refractivity contribution >= 4 is 23.6 Å². The van der Waals surface area contributed by atoms with Crippen molar-refractivity contribution in [3.05, 3.63) is 107 Å². The van der Waals surface area contributed by atoms with Gasteiger partial charge in [0.25, 0.3) is 11.8 Å². The van der Waals surface area contributed by atoms with Gasteiger partial charge in [-0.3, -0.25) is 19.2 Å². The molecule has 3 rings (SSSR count). The lowest BCUT2D eigenvalue weighted by Crippen LogP contribution is -2.53. The van der Waals surface area contributed by atoms with Gasteiger partial charge in [-0.25, -0.2) is 0 Å². The van der Waals surface area contributed by atoms with Crippen LogP contribution in [0, 0.1) is 5.92 Å². The number of aliphatic hydroxyl groups excluding tert-OH is 2. The number of nitrogens with two attached hydrogens (primary N) is 1. The van der Waals surface area contributed by atoms with Crippen LogP contribution in [0.4, 0.5) is 0 Å². The minimum absolute atomic E-state index is 0.0938. The van der Waals surface area contributed by atoms with Gasteiger partial charge in [-0.1, -0.05) is 81.4 Å². The molecule has 0 saturated heterocycles. The zero-order chi connectivity index (χ0) is 32.9. The standard InChI is InChI=1S/C35H44N4O6/c1-4-18-39(19-5-2)35(45)26-16-17-27(32(36)42)28(21-26)34(44)38-29(20-24-12-8-6-9-13-24)31(41)30(40)23(3)33(43)37-22-25-14-10-7-11-15-25/h6-17,21,23,29-31,40-41H,4-5,18-20,22H2,1-3H3,(H2,36,42)(H,37,43)(H,38,44)/t23-,29+,30-,31-/m1/s1. The van der Waals surface area contributed by atoms with Crippen LogP contribution in [0.3, 0.4) is 0 Å². The first-order chi connectivity index (χ1) is 21.6. The largest absolute Gasteiger partial charge is 0.390 e. The Morgan fingerprint density at radius 1 is 0.800 bits per heavy atom. The maximum atomic E-state index is 13.7. The van der Waals surface area contributed by atoms with Crippen LogP contribution >= 0.6 is 0 Å². The molecule has 0 spiro atoms. The lowest BCUT2D eigenvalue weighted by atomic mass is 9.90. The van der Waals surface area contributed by atoms with Gasteiger partial charge in [-0.2, -0.15) is 0 Å². The average Bonchev–Trinajstić information content (AvgIpc) is 3.06. The zero-order valence-electron chi connectivity index (χ0n) is 26.1. The molecule has 4 atom stereocenters. The summed E-state index contributed by atoms with van der Waals surface area (Å²) in [7, 11) is 0. The third-order valence-electron chi connectivity index (χ3n) is 7.66. The Labute approximate surface area is 264 Å². The molecule has 4 amide bonds. The Morgan fingerprint density at radius 3 is 1.93 bits per heavy atom. The normalized spacial score (nSPS) is 13.6. The predicted octanol–water partition coefficient (Wildman–Crippen LogP) is 3.06. The number of rotatable bonds is 16. The monoisotopic (exact) mass is 616 g/mol. The summed E-state index contributed by atoms with van der Waals surface area (Å²) >= 11 is 0. The first-order valence-corrected chi connectivity index (χ1v) is 15.3. The molecule has 3 aromatic rings. The average molecular weight is 617 g/mol. The number of amides is 4. The van der Waals surface area contributed by atoms with Gasteiger partial charge >= 0.3 is 0 Å². The van der Waals surface area contributed by atoms with Crippen molar-refractivity contribution in [3.8, 4) is 0 Å². The van der Waals surface area contributed by atoms with Gasteiger partial charge in [0.15, 0.2) is 0 Å². The number of nitrogens with one attached hydrogen (secondary N) is 2. The minimum Gasteiger partial charge on any atom is -0.390 e. The zero-order valence-corrected chi connectivity index (χ0v) is 26.1. The molecule has 6 N–H and O–H groups in total.